The Balaban J connectivity index is 2.35. The third kappa shape index (κ3) is 7.24. The summed E-state index contributed by atoms with van der Waals surface area (Å²) in [5.41, 5.74) is -0.232. The first-order chi connectivity index (χ1) is 15.4. The number of nitrogens with one attached hydrogen (secondary N) is 3. The summed E-state index contributed by atoms with van der Waals surface area (Å²) in [6, 6.07) is 3.17. The van der Waals surface area contributed by atoms with Crippen LogP contribution in [-0.2, 0) is 31.3 Å². The number of benzene rings is 1. The second kappa shape index (κ2) is 10.4. The lowest BCUT2D eigenvalue weighted by Gasteiger charge is -2.13. The highest BCUT2D eigenvalue weighted by Gasteiger charge is 2.26. The Bertz CT molecular complexity index is 1240. The number of esters is 1. The predicted octanol–water partition coefficient (Wildman–Crippen LogP) is -0.317. The first-order valence-corrected chi connectivity index (χ1v) is 12.0. The molecule has 180 valence electrons. The summed E-state index contributed by atoms with van der Waals surface area (Å²) in [6.07, 6.45) is 0.910. The van der Waals surface area contributed by atoms with Gasteiger partial charge in [0.05, 0.1) is 32.1 Å². The Morgan fingerprint density at radius 3 is 2.30 bits per heavy atom. The van der Waals surface area contributed by atoms with Crippen LogP contribution in [0.2, 0.25) is 0 Å². The van der Waals surface area contributed by atoms with Gasteiger partial charge in [0, 0.05) is 6.54 Å². The van der Waals surface area contributed by atoms with Crippen molar-refractivity contribution in [1.29, 1.82) is 0 Å². The number of methoxy groups -OCH3 is 2. The molecule has 0 aliphatic carbocycles. The number of rotatable bonds is 9. The molecule has 0 aliphatic heterocycles. The molecular formula is C16H19N5O10S2. The van der Waals surface area contributed by atoms with Crippen molar-refractivity contribution in [2.75, 3.05) is 25.8 Å². The van der Waals surface area contributed by atoms with E-state index in [9.17, 15) is 26.4 Å². The molecule has 0 aliphatic rings. The molecule has 33 heavy (non-hydrogen) atoms. The zero-order valence-electron chi connectivity index (χ0n) is 17.3. The SMILES string of the molecule is COC(=O)c1ccc(CNS(C)(=O)=O)cc1S(=O)(=O)NC(=O)Nc1nc(OC)cc(OO)n1. The minimum absolute atomic E-state index is 0.119. The molecule has 0 bridgehead atoms. The fourth-order valence-corrected chi connectivity index (χ4v) is 3.89. The Morgan fingerprint density at radius 2 is 1.73 bits per heavy atom. The van der Waals surface area contributed by atoms with E-state index in [1.165, 1.54) is 13.2 Å². The van der Waals surface area contributed by atoms with Gasteiger partial charge in [-0.05, 0) is 17.7 Å². The van der Waals surface area contributed by atoms with Crippen LogP contribution in [0.15, 0.2) is 29.2 Å². The van der Waals surface area contributed by atoms with Crippen LogP contribution in [0.25, 0.3) is 0 Å². The zero-order valence-corrected chi connectivity index (χ0v) is 19.0. The zero-order chi connectivity index (χ0) is 24.8. The van der Waals surface area contributed by atoms with Crippen molar-refractivity contribution in [2.45, 2.75) is 11.4 Å². The van der Waals surface area contributed by atoms with Crippen LogP contribution < -0.4 is 24.4 Å². The Hall–Kier alpha value is -3.54. The Labute approximate surface area is 188 Å². The number of sulfonamides is 2. The van der Waals surface area contributed by atoms with Crippen LogP contribution >= 0.6 is 0 Å². The highest BCUT2D eigenvalue weighted by Crippen LogP contribution is 2.20. The molecule has 2 aromatic rings. The van der Waals surface area contributed by atoms with Crippen LogP contribution in [0.5, 0.6) is 11.8 Å². The maximum atomic E-state index is 12.8. The van der Waals surface area contributed by atoms with E-state index < -0.39 is 54.3 Å². The molecule has 2 amide bonds. The van der Waals surface area contributed by atoms with E-state index in [0.717, 1.165) is 31.6 Å². The average Bonchev–Trinajstić information content (AvgIpc) is 2.75. The van der Waals surface area contributed by atoms with E-state index in [2.05, 4.69) is 24.3 Å². The summed E-state index contributed by atoms with van der Waals surface area (Å²) in [5.74, 6) is -2.02. The molecular weight excluding hydrogens is 486 g/mol. The van der Waals surface area contributed by atoms with E-state index in [1.807, 2.05) is 5.32 Å². The average molecular weight is 505 g/mol. The normalized spacial score (nSPS) is 11.4. The lowest BCUT2D eigenvalue weighted by atomic mass is 10.1. The third-order valence-electron chi connectivity index (χ3n) is 3.71. The van der Waals surface area contributed by atoms with Gasteiger partial charge in [-0.25, -0.2) is 41.1 Å². The molecule has 17 heteroatoms. The minimum Gasteiger partial charge on any atom is -0.481 e. The lowest BCUT2D eigenvalue weighted by Crippen LogP contribution is -2.35. The Morgan fingerprint density at radius 1 is 1.06 bits per heavy atom. The van der Waals surface area contributed by atoms with Gasteiger partial charge >= 0.3 is 12.0 Å². The molecule has 0 unspecified atom stereocenters. The second-order valence-corrected chi connectivity index (χ2v) is 9.62. The van der Waals surface area contributed by atoms with E-state index in [4.69, 9.17) is 9.99 Å². The molecule has 2 rings (SSSR count). The van der Waals surface area contributed by atoms with Gasteiger partial charge in [-0.1, -0.05) is 6.07 Å². The summed E-state index contributed by atoms with van der Waals surface area (Å²) < 4.78 is 61.5. The van der Waals surface area contributed by atoms with Gasteiger partial charge in [0.25, 0.3) is 15.9 Å². The van der Waals surface area contributed by atoms with Crippen molar-refractivity contribution in [3.05, 3.63) is 35.4 Å². The number of aromatic nitrogens is 2. The van der Waals surface area contributed by atoms with Crippen LogP contribution in [0.1, 0.15) is 15.9 Å². The van der Waals surface area contributed by atoms with Crippen LogP contribution in [0, 0.1) is 0 Å². The number of anilines is 1. The number of hydrogen-bond donors (Lipinski definition) is 4. The lowest BCUT2D eigenvalue weighted by molar-refractivity contribution is -0.141. The minimum atomic E-state index is -4.68. The molecule has 1 aromatic carbocycles. The monoisotopic (exact) mass is 505 g/mol. The van der Waals surface area contributed by atoms with Crippen molar-refractivity contribution < 1.29 is 46.0 Å². The molecule has 0 radical (unpaired) electrons. The molecule has 0 fully saturated rings. The summed E-state index contributed by atoms with van der Waals surface area (Å²) >= 11 is 0. The number of carbonyl (C=O) groups is 2. The summed E-state index contributed by atoms with van der Waals surface area (Å²) in [5, 5.41) is 10.7. The molecule has 4 N–H and O–H groups in total. The number of carbonyl (C=O) groups excluding carboxylic acids is 2. The van der Waals surface area contributed by atoms with Gasteiger partial charge in [-0.3, -0.25) is 5.32 Å². The van der Waals surface area contributed by atoms with Gasteiger partial charge in [-0.2, -0.15) is 9.97 Å². The summed E-state index contributed by atoms with van der Waals surface area (Å²) in [7, 11) is -6.01. The van der Waals surface area contributed by atoms with Crippen molar-refractivity contribution in [2.24, 2.45) is 0 Å². The topological polar surface area (TPSA) is 212 Å². The predicted molar refractivity (Wildman–Crippen MR) is 111 cm³/mol. The molecule has 15 nitrogen and oxygen atoms in total. The molecule has 1 heterocycles. The van der Waals surface area contributed by atoms with E-state index in [1.54, 1.807) is 4.72 Å². The van der Waals surface area contributed by atoms with Crippen LogP contribution in [-0.4, -0.2) is 64.5 Å². The maximum Gasteiger partial charge on any atom is 0.339 e. The first kappa shape index (κ1) is 25.7. The summed E-state index contributed by atoms with van der Waals surface area (Å²) in [6.45, 7) is -0.281. The highest BCUT2D eigenvalue weighted by atomic mass is 32.2. The number of amides is 2. The number of urea groups is 1. The van der Waals surface area contributed by atoms with Crippen molar-refractivity contribution in [3.63, 3.8) is 0 Å². The number of nitrogens with zero attached hydrogens (tertiary/aromatic N) is 2. The van der Waals surface area contributed by atoms with Gasteiger partial charge in [-0.15, -0.1) is 0 Å². The maximum absolute atomic E-state index is 12.8. The molecule has 0 saturated heterocycles. The van der Waals surface area contributed by atoms with Gasteiger partial charge in [0.15, 0.2) is 0 Å². The largest absolute Gasteiger partial charge is 0.481 e. The van der Waals surface area contributed by atoms with Crippen molar-refractivity contribution in [3.8, 4) is 11.8 Å². The van der Waals surface area contributed by atoms with E-state index in [0.29, 0.717) is 0 Å². The van der Waals surface area contributed by atoms with Gasteiger partial charge in [0.2, 0.25) is 21.9 Å². The number of hydrogen-bond acceptors (Lipinski definition) is 12. The molecule has 0 spiro atoms. The quantitative estimate of drug-likeness (QED) is 0.196. The van der Waals surface area contributed by atoms with E-state index in [-0.39, 0.29) is 18.0 Å². The van der Waals surface area contributed by atoms with Crippen LogP contribution in [0.3, 0.4) is 0 Å². The third-order valence-corrected chi connectivity index (χ3v) is 5.75. The first-order valence-electron chi connectivity index (χ1n) is 8.62. The van der Waals surface area contributed by atoms with E-state index >= 15 is 0 Å². The van der Waals surface area contributed by atoms with Crippen molar-refractivity contribution in [1.82, 2.24) is 19.4 Å². The molecule has 0 atom stereocenters. The highest BCUT2D eigenvalue weighted by molar-refractivity contribution is 7.90. The fourth-order valence-electron chi connectivity index (χ4n) is 2.31. The number of ether oxygens (including phenoxy) is 2. The summed E-state index contributed by atoms with van der Waals surface area (Å²) in [4.78, 5) is 34.9. The van der Waals surface area contributed by atoms with Crippen molar-refractivity contribution >= 4 is 38.0 Å². The fraction of sp³-hybridized carbons (Fsp3) is 0.250. The molecule has 0 saturated carbocycles. The van der Waals surface area contributed by atoms with Gasteiger partial charge in [0.1, 0.15) is 4.90 Å². The standard InChI is InChI=1S/C16H19N5O10S2/c1-29-12-7-13(31-24)19-15(18-12)20-16(23)21-33(27,28)11-6-9(8-17-32(3,25)26)4-5-10(11)14(22)30-2/h4-7,17,24H,8H2,1-3H3,(H2,18,19,20,21,23). The second-order valence-electron chi connectivity index (χ2n) is 6.14. The van der Waals surface area contributed by atoms with Gasteiger partial charge < -0.3 is 14.4 Å². The smallest absolute Gasteiger partial charge is 0.339 e. The van der Waals surface area contributed by atoms with Crippen LogP contribution in [0.4, 0.5) is 10.7 Å². The Kier molecular flexibility index (Phi) is 8.09. The molecule has 1 aromatic heterocycles.